The number of ether oxygens (including phenoxy) is 3. The van der Waals surface area contributed by atoms with Gasteiger partial charge in [-0.25, -0.2) is 4.79 Å². The highest BCUT2D eigenvalue weighted by atomic mass is 19.4. The quantitative estimate of drug-likeness (QED) is 0.774. The van der Waals surface area contributed by atoms with Gasteiger partial charge >= 0.3 is 18.1 Å². The van der Waals surface area contributed by atoms with Crippen LogP contribution in [0.3, 0.4) is 0 Å². The second kappa shape index (κ2) is 7.22. The van der Waals surface area contributed by atoms with Crippen molar-refractivity contribution in [2.24, 2.45) is 0 Å². The predicted molar refractivity (Wildman–Crippen MR) is 88.2 cm³/mol. The predicted octanol–water partition coefficient (Wildman–Crippen LogP) is 3.31. The van der Waals surface area contributed by atoms with Crippen LogP contribution in [0.15, 0.2) is 18.2 Å². The molecule has 0 fully saturated rings. The lowest BCUT2D eigenvalue weighted by Crippen LogP contribution is -2.66. The van der Waals surface area contributed by atoms with Crippen LogP contribution in [0.2, 0.25) is 0 Å². The molecule has 26 heavy (non-hydrogen) atoms. The van der Waals surface area contributed by atoms with E-state index in [-0.39, 0.29) is 23.5 Å². The van der Waals surface area contributed by atoms with Crippen LogP contribution < -0.4 is 20.1 Å². The van der Waals surface area contributed by atoms with Gasteiger partial charge in [0.15, 0.2) is 11.5 Å². The first kappa shape index (κ1) is 20.2. The molecule has 2 rings (SSSR count). The van der Waals surface area contributed by atoms with Gasteiger partial charge in [0.1, 0.15) is 0 Å². The van der Waals surface area contributed by atoms with Crippen molar-refractivity contribution in [1.82, 2.24) is 10.6 Å². The Bertz CT molecular complexity index is 658. The van der Waals surface area contributed by atoms with Gasteiger partial charge in [0.25, 0.3) is 0 Å². The Morgan fingerprint density at radius 2 is 1.85 bits per heavy atom. The number of halogens is 3. The largest absolute Gasteiger partial charge is 0.492 e. The van der Waals surface area contributed by atoms with Crippen molar-refractivity contribution in [3.8, 4) is 11.5 Å². The van der Waals surface area contributed by atoms with Gasteiger partial charge in [-0.2, -0.15) is 13.2 Å². The monoisotopic (exact) mass is 376 g/mol. The third-order valence-electron chi connectivity index (χ3n) is 3.78. The number of hydrogen-bond acceptors (Lipinski definition) is 4. The molecule has 0 aliphatic carbocycles. The molecule has 0 aromatic heterocycles. The minimum Gasteiger partial charge on any atom is -0.424 e. The van der Waals surface area contributed by atoms with Crippen LogP contribution in [0.4, 0.5) is 18.0 Å². The zero-order chi connectivity index (χ0) is 19.6. The molecule has 2 amide bonds. The van der Waals surface area contributed by atoms with E-state index in [9.17, 15) is 18.0 Å². The van der Waals surface area contributed by atoms with Gasteiger partial charge in [-0.3, -0.25) is 5.32 Å². The summed E-state index contributed by atoms with van der Waals surface area (Å²) in [4.78, 5) is 11.9. The van der Waals surface area contributed by atoms with E-state index in [1.165, 1.54) is 19.2 Å². The first-order chi connectivity index (χ1) is 12.0. The van der Waals surface area contributed by atoms with Crippen LogP contribution in [0.1, 0.15) is 32.8 Å². The van der Waals surface area contributed by atoms with E-state index in [0.29, 0.717) is 13.0 Å². The maximum atomic E-state index is 13.6. The molecule has 0 unspecified atom stereocenters. The van der Waals surface area contributed by atoms with E-state index >= 15 is 0 Å². The van der Waals surface area contributed by atoms with Crippen molar-refractivity contribution in [3.63, 3.8) is 0 Å². The number of urea groups is 1. The van der Waals surface area contributed by atoms with Crippen LogP contribution in [0.25, 0.3) is 0 Å². The van der Waals surface area contributed by atoms with Gasteiger partial charge in [-0.1, -0.05) is 26.8 Å². The summed E-state index contributed by atoms with van der Waals surface area (Å²) in [6.07, 6.45) is -4.53. The molecule has 1 aliphatic heterocycles. The highest BCUT2D eigenvalue weighted by Gasteiger charge is 2.65. The average Bonchev–Trinajstić information content (AvgIpc) is 2.88. The van der Waals surface area contributed by atoms with Crippen LogP contribution >= 0.6 is 0 Å². The molecule has 6 nitrogen and oxygen atoms in total. The van der Waals surface area contributed by atoms with E-state index in [1.54, 1.807) is 11.4 Å². The lowest BCUT2D eigenvalue weighted by Gasteiger charge is -2.29. The summed E-state index contributed by atoms with van der Waals surface area (Å²) in [5.74, 6) is -3.43. The molecule has 1 aromatic carbocycles. The van der Waals surface area contributed by atoms with Crippen LogP contribution in [-0.4, -0.2) is 38.4 Å². The van der Waals surface area contributed by atoms with Crippen LogP contribution in [0.5, 0.6) is 11.5 Å². The standard InChI is InChI=1S/C17H23F3N2O4/c1-15(2,3)11-6-7-12-13(10-11)26-17(25-12,16(18,19)20)22-14(23)21-8-5-9-24-4/h6-7,10H,5,8-9H2,1-4H3,(H2,21,22,23)/t17-/m1/s1. The minimum atomic E-state index is -4.99. The van der Waals surface area contributed by atoms with Crippen molar-refractivity contribution in [1.29, 1.82) is 0 Å². The molecule has 2 N–H and O–H groups in total. The third-order valence-corrected chi connectivity index (χ3v) is 3.78. The lowest BCUT2D eigenvalue weighted by molar-refractivity contribution is -0.317. The molecule has 1 aromatic rings. The summed E-state index contributed by atoms with van der Waals surface area (Å²) >= 11 is 0. The molecule has 1 heterocycles. The third kappa shape index (κ3) is 4.32. The first-order valence-corrected chi connectivity index (χ1v) is 8.13. The summed E-state index contributed by atoms with van der Waals surface area (Å²) < 4.78 is 55.7. The summed E-state index contributed by atoms with van der Waals surface area (Å²) in [5.41, 5.74) is 0.496. The number of benzene rings is 1. The molecule has 0 bridgehead atoms. The number of carbonyl (C=O) groups excluding carboxylic acids is 1. The Labute approximate surface area is 150 Å². The first-order valence-electron chi connectivity index (χ1n) is 8.13. The van der Waals surface area contributed by atoms with Crippen molar-refractivity contribution in [3.05, 3.63) is 23.8 Å². The Balaban J connectivity index is 2.17. The zero-order valence-corrected chi connectivity index (χ0v) is 15.1. The lowest BCUT2D eigenvalue weighted by atomic mass is 9.87. The normalized spacial score (nSPS) is 19.3. The highest BCUT2D eigenvalue weighted by Crippen LogP contribution is 2.46. The Morgan fingerprint density at radius 3 is 2.42 bits per heavy atom. The zero-order valence-electron chi connectivity index (χ0n) is 15.1. The molecule has 1 aliphatic rings. The van der Waals surface area contributed by atoms with Crippen molar-refractivity contribution in [2.75, 3.05) is 20.3 Å². The van der Waals surface area contributed by atoms with E-state index in [1.807, 2.05) is 20.8 Å². The molecule has 1 atom stereocenters. The Kier molecular flexibility index (Phi) is 5.60. The molecule has 0 spiro atoms. The number of amides is 2. The SMILES string of the molecule is COCCCNC(=O)N[C@]1(C(F)(F)F)Oc2ccc(C(C)(C)C)cc2O1. The number of fused-ring (bicyclic) bond motifs is 1. The smallest absolute Gasteiger partial charge is 0.424 e. The van der Waals surface area contributed by atoms with Gasteiger partial charge in [0.05, 0.1) is 0 Å². The summed E-state index contributed by atoms with van der Waals surface area (Å²) in [7, 11) is 1.49. The average molecular weight is 376 g/mol. The van der Waals surface area contributed by atoms with Gasteiger partial charge < -0.3 is 19.5 Å². The van der Waals surface area contributed by atoms with E-state index in [4.69, 9.17) is 14.2 Å². The fraction of sp³-hybridized carbons (Fsp3) is 0.588. The molecule has 9 heteroatoms. The summed E-state index contributed by atoms with van der Waals surface area (Å²) in [5, 5.41) is 4.07. The number of nitrogens with one attached hydrogen (secondary N) is 2. The van der Waals surface area contributed by atoms with E-state index in [0.717, 1.165) is 5.56 Å². The van der Waals surface area contributed by atoms with Gasteiger partial charge in [-0.05, 0) is 29.5 Å². The fourth-order valence-corrected chi connectivity index (χ4v) is 2.32. The highest BCUT2D eigenvalue weighted by molar-refractivity contribution is 5.74. The van der Waals surface area contributed by atoms with Crippen LogP contribution in [-0.2, 0) is 10.2 Å². The number of hydrogen-bond donors (Lipinski definition) is 2. The number of methoxy groups -OCH3 is 1. The van der Waals surface area contributed by atoms with Crippen LogP contribution in [0, 0.1) is 0 Å². The summed E-state index contributed by atoms with van der Waals surface area (Å²) in [6, 6.07) is 3.50. The second-order valence-electron chi connectivity index (χ2n) is 6.96. The molecule has 146 valence electrons. The molecular weight excluding hydrogens is 353 g/mol. The molecular formula is C17H23F3N2O4. The Morgan fingerprint density at radius 1 is 1.19 bits per heavy atom. The van der Waals surface area contributed by atoms with E-state index < -0.39 is 18.1 Å². The molecule has 0 radical (unpaired) electrons. The number of carbonyl (C=O) groups is 1. The van der Waals surface area contributed by atoms with Gasteiger partial charge in [-0.15, -0.1) is 0 Å². The maximum absolute atomic E-state index is 13.6. The van der Waals surface area contributed by atoms with Gasteiger partial charge in [0.2, 0.25) is 0 Å². The van der Waals surface area contributed by atoms with Crippen molar-refractivity contribution in [2.45, 2.75) is 44.7 Å². The fourth-order valence-electron chi connectivity index (χ4n) is 2.32. The minimum absolute atomic E-state index is 0.0746. The maximum Gasteiger partial charge on any atom is 0.492 e. The topological polar surface area (TPSA) is 68.8 Å². The Hall–Kier alpha value is -2.16. The van der Waals surface area contributed by atoms with E-state index in [2.05, 4.69) is 5.32 Å². The number of alkyl halides is 3. The van der Waals surface area contributed by atoms with Crippen molar-refractivity contribution < 1.29 is 32.2 Å². The molecule has 0 saturated carbocycles. The van der Waals surface area contributed by atoms with Crippen molar-refractivity contribution >= 4 is 6.03 Å². The number of rotatable bonds is 5. The second-order valence-corrected chi connectivity index (χ2v) is 6.96. The van der Waals surface area contributed by atoms with Gasteiger partial charge in [0, 0.05) is 20.3 Å². The molecule has 0 saturated heterocycles. The summed E-state index contributed by atoms with van der Waals surface area (Å²) in [6.45, 7) is 6.29.